The molecule has 1 aromatic heterocycles. The van der Waals surface area contributed by atoms with E-state index in [2.05, 4.69) is 45.1 Å². The Kier molecular flexibility index (Phi) is 3.30. The minimum absolute atomic E-state index is 0.258. The van der Waals surface area contributed by atoms with Gasteiger partial charge in [0.15, 0.2) is 0 Å². The van der Waals surface area contributed by atoms with Crippen molar-refractivity contribution in [2.24, 2.45) is 0 Å². The molecule has 0 saturated carbocycles. The summed E-state index contributed by atoms with van der Waals surface area (Å²) in [4.78, 5) is 8.39. The molecule has 1 heterocycles. The zero-order valence-electron chi connectivity index (χ0n) is 8.96. The Labute approximate surface area is 107 Å². The van der Waals surface area contributed by atoms with Crippen LogP contribution >= 0.6 is 27.5 Å². The maximum Gasteiger partial charge on any atom is 0.224 e. The minimum atomic E-state index is 0.258. The number of nitrogens with one attached hydrogen (secondary N) is 1. The Bertz CT molecular complexity index is 523. The van der Waals surface area contributed by atoms with Crippen molar-refractivity contribution in [1.82, 2.24) is 9.97 Å². The summed E-state index contributed by atoms with van der Waals surface area (Å²) < 4.78 is 0.977. The van der Waals surface area contributed by atoms with E-state index in [1.54, 1.807) is 0 Å². The molecule has 0 radical (unpaired) electrons. The lowest BCUT2D eigenvalue weighted by Gasteiger charge is -2.11. The van der Waals surface area contributed by atoms with Gasteiger partial charge in [0.05, 0.1) is 5.52 Å². The molecule has 0 bridgehead atoms. The van der Waals surface area contributed by atoms with Crippen molar-refractivity contribution in [2.45, 2.75) is 19.9 Å². The van der Waals surface area contributed by atoms with Crippen LogP contribution in [0.3, 0.4) is 0 Å². The number of nitrogens with zero attached hydrogens (tertiary/aromatic N) is 2. The zero-order chi connectivity index (χ0) is 11.7. The second-order valence-electron chi connectivity index (χ2n) is 3.80. The molecule has 16 heavy (non-hydrogen) atoms. The highest BCUT2D eigenvalue weighted by Crippen LogP contribution is 2.25. The van der Waals surface area contributed by atoms with Crippen LogP contribution in [0.1, 0.15) is 13.8 Å². The normalized spacial score (nSPS) is 11.1. The molecule has 5 heteroatoms. The van der Waals surface area contributed by atoms with Gasteiger partial charge in [-0.1, -0.05) is 15.9 Å². The quantitative estimate of drug-likeness (QED) is 0.856. The van der Waals surface area contributed by atoms with Crippen molar-refractivity contribution in [2.75, 3.05) is 5.32 Å². The van der Waals surface area contributed by atoms with Crippen LogP contribution in [0.15, 0.2) is 22.7 Å². The van der Waals surface area contributed by atoms with Gasteiger partial charge in [0.2, 0.25) is 5.28 Å². The molecular weight excluding hydrogens is 289 g/mol. The molecule has 0 spiro atoms. The summed E-state index contributed by atoms with van der Waals surface area (Å²) in [5, 5.41) is 4.49. The fourth-order valence-electron chi connectivity index (χ4n) is 1.46. The second-order valence-corrected chi connectivity index (χ2v) is 5.06. The van der Waals surface area contributed by atoms with Crippen molar-refractivity contribution < 1.29 is 0 Å². The van der Waals surface area contributed by atoms with Gasteiger partial charge >= 0.3 is 0 Å². The van der Waals surface area contributed by atoms with Gasteiger partial charge in [0.25, 0.3) is 0 Å². The van der Waals surface area contributed by atoms with Gasteiger partial charge in [-0.05, 0) is 43.6 Å². The van der Waals surface area contributed by atoms with Gasteiger partial charge in [-0.25, -0.2) is 9.97 Å². The lowest BCUT2D eigenvalue weighted by Crippen LogP contribution is -2.11. The molecule has 1 N–H and O–H groups in total. The fourth-order valence-corrected chi connectivity index (χ4v) is 1.98. The Morgan fingerprint density at radius 3 is 2.75 bits per heavy atom. The number of hydrogen-bond acceptors (Lipinski definition) is 3. The Morgan fingerprint density at radius 1 is 1.31 bits per heavy atom. The van der Waals surface area contributed by atoms with Crippen molar-refractivity contribution >= 4 is 44.3 Å². The highest BCUT2D eigenvalue weighted by molar-refractivity contribution is 9.10. The van der Waals surface area contributed by atoms with Gasteiger partial charge in [0, 0.05) is 15.9 Å². The highest BCUT2D eigenvalue weighted by atomic mass is 79.9. The van der Waals surface area contributed by atoms with Crippen LogP contribution in [0.2, 0.25) is 5.28 Å². The topological polar surface area (TPSA) is 37.8 Å². The molecule has 0 atom stereocenters. The van der Waals surface area contributed by atoms with E-state index in [0.29, 0.717) is 6.04 Å². The number of benzene rings is 1. The van der Waals surface area contributed by atoms with Gasteiger partial charge < -0.3 is 5.32 Å². The first-order valence-corrected chi connectivity index (χ1v) is 6.12. The summed E-state index contributed by atoms with van der Waals surface area (Å²) in [5.74, 6) is 0.775. The monoisotopic (exact) mass is 299 g/mol. The van der Waals surface area contributed by atoms with E-state index >= 15 is 0 Å². The van der Waals surface area contributed by atoms with Gasteiger partial charge in [-0.2, -0.15) is 0 Å². The highest BCUT2D eigenvalue weighted by Gasteiger charge is 2.07. The Balaban J connectivity index is 2.63. The SMILES string of the molecule is CC(C)Nc1nc(Cl)nc2cc(Br)ccc12. The van der Waals surface area contributed by atoms with E-state index in [1.165, 1.54) is 0 Å². The molecule has 3 nitrogen and oxygen atoms in total. The first-order chi connectivity index (χ1) is 7.56. The summed E-state index contributed by atoms with van der Waals surface area (Å²) in [5.41, 5.74) is 0.831. The van der Waals surface area contributed by atoms with Gasteiger partial charge in [-0.15, -0.1) is 0 Å². The largest absolute Gasteiger partial charge is 0.367 e. The summed E-state index contributed by atoms with van der Waals surface area (Å²) in [6, 6.07) is 6.16. The van der Waals surface area contributed by atoms with E-state index < -0.39 is 0 Å². The molecule has 0 unspecified atom stereocenters. The average Bonchev–Trinajstić information content (AvgIpc) is 2.15. The molecule has 2 rings (SSSR count). The summed E-state index contributed by atoms with van der Waals surface area (Å²) in [7, 11) is 0. The summed E-state index contributed by atoms with van der Waals surface area (Å²) in [6.45, 7) is 4.11. The number of aromatic nitrogens is 2. The van der Waals surface area contributed by atoms with Crippen LogP contribution in [-0.2, 0) is 0 Å². The standard InChI is InChI=1S/C11H11BrClN3/c1-6(2)14-10-8-4-3-7(12)5-9(8)15-11(13)16-10/h3-6H,1-2H3,(H,14,15,16). The molecule has 0 aliphatic rings. The van der Waals surface area contributed by atoms with Crippen LogP contribution in [-0.4, -0.2) is 16.0 Å². The predicted octanol–water partition coefficient (Wildman–Crippen LogP) is 3.87. The smallest absolute Gasteiger partial charge is 0.224 e. The van der Waals surface area contributed by atoms with Crippen molar-refractivity contribution in [3.05, 3.63) is 28.0 Å². The van der Waals surface area contributed by atoms with Crippen LogP contribution in [0.25, 0.3) is 10.9 Å². The predicted molar refractivity (Wildman–Crippen MR) is 71.0 cm³/mol. The third-order valence-corrected chi connectivity index (χ3v) is 2.72. The van der Waals surface area contributed by atoms with E-state index in [4.69, 9.17) is 11.6 Å². The zero-order valence-corrected chi connectivity index (χ0v) is 11.3. The maximum absolute atomic E-state index is 5.88. The third kappa shape index (κ3) is 2.44. The number of fused-ring (bicyclic) bond motifs is 1. The summed E-state index contributed by atoms with van der Waals surface area (Å²) in [6.07, 6.45) is 0. The molecule has 1 aromatic carbocycles. The van der Waals surface area contributed by atoms with E-state index in [0.717, 1.165) is 21.2 Å². The molecule has 2 aromatic rings. The fraction of sp³-hybridized carbons (Fsp3) is 0.273. The first kappa shape index (κ1) is 11.6. The number of hydrogen-bond donors (Lipinski definition) is 1. The molecule has 0 saturated heterocycles. The van der Waals surface area contributed by atoms with Crippen LogP contribution in [0.5, 0.6) is 0 Å². The van der Waals surface area contributed by atoms with Crippen molar-refractivity contribution in [3.63, 3.8) is 0 Å². The first-order valence-electron chi connectivity index (χ1n) is 4.95. The number of rotatable bonds is 2. The van der Waals surface area contributed by atoms with Crippen molar-refractivity contribution in [1.29, 1.82) is 0 Å². The summed E-state index contributed by atoms with van der Waals surface area (Å²) >= 11 is 9.29. The third-order valence-electron chi connectivity index (χ3n) is 2.06. The Hall–Kier alpha value is -0.870. The van der Waals surface area contributed by atoms with E-state index in [9.17, 15) is 0 Å². The molecule has 0 aliphatic heterocycles. The number of halogens is 2. The Morgan fingerprint density at radius 2 is 2.06 bits per heavy atom. The van der Waals surface area contributed by atoms with Crippen LogP contribution in [0.4, 0.5) is 5.82 Å². The molecular formula is C11H11BrClN3. The minimum Gasteiger partial charge on any atom is -0.367 e. The van der Waals surface area contributed by atoms with Gasteiger partial charge in [-0.3, -0.25) is 0 Å². The van der Waals surface area contributed by atoms with Crippen LogP contribution < -0.4 is 5.32 Å². The molecule has 84 valence electrons. The molecule has 0 amide bonds. The van der Waals surface area contributed by atoms with Crippen molar-refractivity contribution in [3.8, 4) is 0 Å². The molecule has 0 fully saturated rings. The second kappa shape index (κ2) is 4.55. The average molecular weight is 301 g/mol. The molecule has 0 aliphatic carbocycles. The number of anilines is 1. The maximum atomic E-state index is 5.88. The van der Waals surface area contributed by atoms with E-state index in [-0.39, 0.29) is 5.28 Å². The lowest BCUT2D eigenvalue weighted by atomic mass is 10.2. The van der Waals surface area contributed by atoms with E-state index in [1.807, 2.05) is 18.2 Å². The lowest BCUT2D eigenvalue weighted by molar-refractivity contribution is 0.890. The van der Waals surface area contributed by atoms with Crippen LogP contribution in [0, 0.1) is 0 Å². The van der Waals surface area contributed by atoms with Gasteiger partial charge in [0.1, 0.15) is 5.82 Å².